The van der Waals surface area contributed by atoms with Gasteiger partial charge in [0.05, 0.1) is 0 Å². The van der Waals surface area contributed by atoms with Crippen LogP contribution in [0.5, 0.6) is 0 Å². The van der Waals surface area contributed by atoms with Crippen molar-refractivity contribution in [1.29, 1.82) is 0 Å². The first-order valence-corrected chi connectivity index (χ1v) is 8.42. The molecule has 1 aliphatic heterocycles. The zero-order valence-corrected chi connectivity index (χ0v) is 13.9. The van der Waals surface area contributed by atoms with E-state index in [0.29, 0.717) is 0 Å². The highest BCUT2D eigenvalue weighted by atomic mass is 16.4. The molecule has 0 aliphatic carbocycles. The molecule has 1 unspecified atom stereocenters. The molecule has 0 bridgehead atoms. The second kappa shape index (κ2) is 6.10. The molecular weight excluding hydrogens is 310 g/mol. The average molecular weight is 329 g/mol. The number of hydrogen-bond donors (Lipinski definition) is 1. The van der Waals surface area contributed by atoms with Gasteiger partial charge in [-0.1, -0.05) is 67.2 Å². The van der Waals surface area contributed by atoms with Gasteiger partial charge in [-0.25, -0.2) is 4.79 Å². The van der Waals surface area contributed by atoms with Gasteiger partial charge in [0, 0.05) is 41.1 Å². The largest absolute Gasteiger partial charge is 0.478 e. The number of aromatic nitrogens is 1. The summed E-state index contributed by atoms with van der Waals surface area (Å²) >= 11 is 0. The van der Waals surface area contributed by atoms with Crippen LogP contribution in [0.1, 0.15) is 18.0 Å². The molecule has 3 nitrogen and oxygen atoms in total. The van der Waals surface area contributed by atoms with E-state index in [1.54, 1.807) is 0 Å². The summed E-state index contributed by atoms with van der Waals surface area (Å²) in [5.41, 5.74) is 5.86. The van der Waals surface area contributed by atoms with Gasteiger partial charge in [-0.15, -0.1) is 0 Å². The molecule has 1 atom stereocenters. The van der Waals surface area contributed by atoms with Crippen LogP contribution in [-0.4, -0.2) is 15.6 Å². The summed E-state index contributed by atoms with van der Waals surface area (Å²) in [5.74, 6) is -1.06. The van der Waals surface area contributed by atoms with Crippen molar-refractivity contribution in [3.63, 3.8) is 0 Å². The SMILES string of the molecule is C=C(C(=O)O)C1CCn2cc(-c3ccccc3)c(-c3ccccc3)c21. The van der Waals surface area contributed by atoms with E-state index < -0.39 is 5.97 Å². The summed E-state index contributed by atoms with van der Waals surface area (Å²) in [6, 6.07) is 20.5. The molecule has 2 heterocycles. The molecule has 0 radical (unpaired) electrons. The van der Waals surface area contributed by atoms with E-state index in [4.69, 9.17) is 0 Å². The fourth-order valence-corrected chi connectivity index (χ4v) is 3.77. The third-order valence-electron chi connectivity index (χ3n) is 4.95. The minimum absolute atomic E-state index is 0.148. The minimum Gasteiger partial charge on any atom is -0.478 e. The van der Waals surface area contributed by atoms with Crippen molar-refractivity contribution >= 4 is 5.97 Å². The fraction of sp³-hybridized carbons (Fsp3) is 0.136. The Hall–Kier alpha value is -3.07. The first-order valence-electron chi connectivity index (χ1n) is 8.42. The highest BCUT2D eigenvalue weighted by Gasteiger charge is 2.33. The standard InChI is InChI=1S/C22H19NO2/c1-15(22(24)25)18-12-13-23-14-19(16-8-4-2-5-9-16)20(21(18)23)17-10-6-3-7-11-17/h2-11,14,18H,1,12-13H2,(H,24,25). The van der Waals surface area contributed by atoms with E-state index in [9.17, 15) is 9.90 Å². The first-order chi connectivity index (χ1) is 12.2. The maximum absolute atomic E-state index is 11.5. The summed E-state index contributed by atoms with van der Waals surface area (Å²) in [7, 11) is 0. The molecule has 1 aliphatic rings. The van der Waals surface area contributed by atoms with Crippen molar-refractivity contribution in [2.75, 3.05) is 0 Å². The normalized spacial score (nSPS) is 15.8. The number of hydrogen-bond acceptors (Lipinski definition) is 1. The van der Waals surface area contributed by atoms with Crippen molar-refractivity contribution in [3.05, 3.63) is 84.7 Å². The van der Waals surface area contributed by atoms with E-state index >= 15 is 0 Å². The van der Waals surface area contributed by atoms with E-state index in [-0.39, 0.29) is 11.5 Å². The monoisotopic (exact) mass is 329 g/mol. The van der Waals surface area contributed by atoms with Crippen molar-refractivity contribution < 1.29 is 9.90 Å². The highest BCUT2D eigenvalue weighted by molar-refractivity contribution is 5.91. The number of rotatable bonds is 4. The molecule has 0 amide bonds. The first kappa shape index (κ1) is 15.5. The van der Waals surface area contributed by atoms with Gasteiger partial charge >= 0.3 is 5.97 Å². The van der Waals surface area contributed by atoms with Gasteiger partial charge < -0.3 is 9.67 Å². The van der Waals surface area contributed by atoms with Gasteiger partial charge in [-0.05, 0) is 17.5 Å². The molecule has 0 saturated heterocycles. The lowest BCUT2D eigenvalue weighted by molar-refractivity contribution is -0.132. The Morgan fingerprint density at radius 2 is 1.60 bits per heavy atom. The molecule has 2 aromatic carbocycles. The fourth-order valence-electron chi connectivity index (χ4n) is 3.77. The predicted molar refractivity (Wildman–Crippen MR) is 99.4 cm³/mol. The third kappa shape index (κ3) is 2.58. The Kier molecular flexibility index (Phi) is 3.77. The molecule has 3 heteroatoms. The number of carboxylic acid groups (broad SMARTS) is 1. The Morgan fingerprint density at radius 1 is 1.00 bits per heavy atom. The van der Waals surface area contributed by atoms with Crippen LogP contribution in [0.25, 0.3) is 22.3 Å². The van der Waals surface area contributed by atoms with E-state index in [0.717, 1.165) is 40.9 Å². The third-order valence-corrected chi connectivity index (χ3v) is 4.95. The molecule has 0 spiro atoms. The number of benzene rings is 2. The lowest BCUT2D eigenvalue weighted by Crippen LogP contribution is -2.08. The van der Waals surface area contributed by atoms with Crippen LogP contribution in [0.2, 0.25) is 0 Å². The summed E-state index contributed by atoms with van der Waals surface area (Å²) in [5, 5.41) is 9.44. The van der Waals surface area contributed by atoms with E-state index in [2.05, 4.69) is 41.6 Å². The van der Waals surface area contributed by atoms with Crippen molar-refractivity contribution in [3.8, 4) is 22.3 Å². The number of aryl methyl sites for hydroxylation is 1. The summed E-state index contributed by atoms with van der Waals surface area (Å²) in [6.07, 6.45) is 2.94. The molecule has 0 fully saturated rings. The van der Waals surface area contributed by atoms with Crippen molar-refractivity contribution in [2.45, 2.75) is 18.9 Å². The number of carboxylic acids is 1. The number of nitrogens with zero attached hydrogens (tertiary/aromatic N) is 1. The number of carbonyl (C=O) groups is 1. The zero-order valence-electron chi connectivity index (χ0n) is 13.9. The van der Waals surface area contributed by atoms with Crippen LogP contribution in [0.15, 0.2) is 79.0 Å². The van der Waals surface area contributed by atoms with Crippen LogP contribution in [0.4, 0.5) is 0 Å². The molecule has 124 valence electrons. The van der Waals surface area contributed by atoms with Crippen LogP contribution >= 0.6 is 0 Å². The topological polar surface area (TPSA) is 42.2 Å². The van der Waals surface area contributed by atoms with Crippen LogP contribution in [0, 0.1) is 0 Å². The van der Waals surface area contributed by atoms with Crippen LogP contribution in [-0.2, 0) is 11.3 Å². The maximum atomic E-state index is 11.5. The van der Waals surface area contributed by atoms with Gasteiger partial charge in [-0.2, -0.15) is 0 Å². The van der Waals surface area contributed by atoms with Crippen LogP contribution < -0.4 is 0 Å². The summed E-state index contributed by atoms with van der Waals surface area (Å²) in [6.45, 7) is 4.66. The summed E-state index contributed by atoms with van der Waals surface area (Å²) in [4.78, 5) is 11.5. The zero-order chi connectivity index (χ0) is 17.4. The highest BCUT2D eigenvalue weighted by Crippen LogP contribution is 2.46. The molecule has 25 heavy (non-hydrogen) atoms. The quantitative estimate of drug-likeness (QED) is 0.688. The van der Waals surface area contributed by atoms with Gasteiger partial charge in [0.25, 0.3) is 0 Å². The number of fused-ring (bicyclic) bond motifs is 1. The predicted octanol–water partition coefficient (Wildman–Crippen LogP) is 4.95. The van der Waals surface area contributed by atoms with E-state index in [1.807, 2.05) is 36.4 Å². The summed E-state index contributed by atoms with van der Waals surface area (Å²) < 4.78 is 2.20. The molecule has 4 rings (SSSR count). The molecule has 3 aromatic rings. The van der Waals surface area contributed by atoms with Gasteiger partial charge in [-0.3, -0.25) is 0 Å². The second-order valence-corrected chi connectivity index (χ2v) is 6.40. The van der Waals surface area contributed by atoms with Crippen LogP contribution in [0.3, 0.4) is 0 Å². The molecule has 1 N–H and O–H groups in total. The Bertz CT molecular complexity index is 939. The molecule has 0 saturated carbocycles. The Labute approximate surface area is 146 Å². The number of aliphatic carboxylic acids is 1. The van der Waals surface area contributed by atoms with E-state index in [1.165, 1.54) is 0 Å². The van der Waals surface area contributed by atoms with Crippen molar-refractivity contribution in [2.24, 2.45) is 0 Å². The lowest BCUT2D eigenvalue weighted by Gasteiger charge is -2.14. The van der Waals surface area contributed by atoms with Gasteiger partial charge in [0.1, 0.15) is 0 Å². The lowest BCUT2D eigenvalue weighted by atomic mass is 9.88. The molecular formula is C22H19NO2. The van der Waals surface area contributed by atoms with Gasteiger partial charge in [0.2, 0.25) is 0 Å². The molecule has 1 aromatic heterocycles. The average Bonchev–Trinajstić information content (AvgIpc) is 3.21. The minimum atomic E-state index is -0.917. The van der Waals surface area contributed by atoms with Crippen molar-refractivity contribution in [1.82, 2.24) is 4.57 Å². The smallest absolute Gasteiger partial charge is 0.331 e. The Balaban J connectivity index is 1.96. The Morgan fingerprint density at radius 3 is 2.20 bits per heavy atom. The maximum Gasteiger partial charge on any atom is 0.331 e. The van der Waals surface area contributed by atoms with Gasteiger partial charge in [0.15, 0.2) is 0 Å². The second-order valence-electron chi connectivity index (χ2n) is 6.40.